The van der Waals surface area contributed by atoms with Crippen molar-refractivity contribution in [2.75, 3.05) is 17.6 Å². The van der Waals surface area contributed by atoms with E-state index < -0.39 is 17.7 Å². The lowest BCUT2D eigenvalue weighted by Gasteiger charge is -2.25. The molecule has 0 saturated carbocycles. The molecule has 3 aromatic rings. The maximum Gasteiger partial charge on any atom is 0.323 e. The molecule has 7 heteroatoms. The fraction of sp³-hybridized carbons (Fsp3) is 0.136. The number of carbonyl (C=O) groups excluding carboxylic acids is 1. The highest BCUT2D eigenvalue weighted by Crippen LogP contribution is 2.39. The standard InChI is InChI=1S/C22H18F2N2O2S/c23-16-9-10-20(19(24)14-16)25-22(27)26-11-12-29-21(26)15-5-4-8-18(13-15)28-17-6-2-1-3-7-17/h1-10,13-14,21H,11-12H2,(H,25,27). The first-order valence-corrected chi connectivity index (χ1v) is 10.1. The van der Waals surface area contributed by atoms with E-state index in [2.05, 4.69) is 5.32 Å². The molecular weight excluding hydrogens is 394 g/mol. The molecule has 1 heterocycles. The molecule has 0 aliphatic carbocycles. The average molecular weight is 412 g/mol. The minimum Gasteiger partial charge on any atom is -0.457 e. The van der Waals surface area contributed by atoms with Crippen molar-refractivity contribution in [3.63, 3.8) is 0 Å². The van der Waals surface area contributed by atoms with Gasteiger partial charge in [-0.25, -0.2) is 13.6 Å². The molecule has 1 saturated heterocycles. The van der Waals surface area contributed by atoms with Crippen LogP contribution in [0.4, 0.5) is 19.3 Å². The van der Waals surface area contributed by atoms with Crippen molar-refractivity contribution in [2.24, 2.45) is 0 Å². The van der Waals surface area contributed by atoms with Crippen LogP contribution in [0.2, 0.25) is 0 Å². The maximum atomic E-state index is 13.9. The molecule has 3 aromatic carbocycles. The van der Waals surface area contributed by atoms with E-state index >= 15 is 0 Å². The smallest absolute Gasteiger partial charge is 0.323 e. The summed E-state index contributed by atoms with van der Waals surface area (Å²) in [7, 11) is 0. The summed E-state index contributed by atoms with van der Waals surface area (Å²) in [4.78, 5) is 14.4. The fourth-order valence-electron chi connectivity index (χ4n) is 3.09. The summed E-state index contributed by atoms with van der Waals surface area (Å²) in [6.07, 6.45) is 0. The van der Waals surface area contributed by atoms with Crippen molar-refractivity contribution < 1.29 is 18.3 Å². The quantitative estimate of drug-likeness (QED) is 0.568. The topological polar surface area (TPSA) is 41.6 Å². The first kappa shape index (κ1) is 19.3. The van der Waals surface area contributed by atoms with E-state index in [4.69, 9.17) is 4.74 Å². The van der Waals surface area contributed by atoms with Crippen molar-refractivity contribution >= 4 is 23.5 Å². The van der Waals surface area contributed by atoms with Crippen molar-refractivity contribution in [3.8, 4) is 11.5 Å². The Morgan fingerprint density at radius 1 is 1.00 bits per heavy atom. The lowest BCUT2D eigenvalue weighted by atomic mass is 10.2. The molecule has 2 amide bonds. The van der Waals surface area contributed by atoms with Gasteiger partial charge in [0.15, 0.2) is 0 Å². The van der Waals surface area contributed by atoms with Gasteiger partial charge in [-0.2, -0.15) is 0 Å². The number of anilines is 1. The highest BCUT2D eigenvalue weighted by Gasteiger charge is 2.31. The van der Waals surface area contributed by atoms with E-state index in [0.717, 1.165) is 29.2 Å². The molecule has 1 unspecified atom stereocenters. The summed E-state index contributed by atoms with van der Waals surface area (Å²) in [6.45, 7) is 0.522. The van der Waals surface area contributed by atoms with Crippen LogP contribution in [0.15, 0.2) is 72.8 Å². The van der Waals surface area contributed by atoms with Gasteiger partial charge in [0.2, 0.25) is 0 Å². The van der Waals surface area contributed by atoms with Gasteiger partial charge in [-0.05, 0) is 42.0 Å². The van der Waals surface area contributed by atoms with Crippen LogP contribution in [0.25, 0.3) is 0 Å². The Hall–Kier alpha value is -3.06. The molecule has 4 nitrogen and oxygen atoms in total. The number of nitrogens with one attached hydrogen (secondary N) is 1. The third-order valence-corrected chi connectivity index (χ3v) is 5.71. The summed E-state index contributed by atoms with van der Waals surface area (Å²) in [6, 6.07) is 19.6. The van der Waals surface area contributed by atoms with Gasteiger partial charge < -0.3 is 15.0 Å². The molecule has 0 aromatic heterocycles. The molecule has 1 aliphatic heterocycles. The highest BCUT2D eigenvalue weighted by atomic mass is 32.2. The predicted molar refractivity (Wildman–Crippen MR) is 110 cm³/mol. The minimum atomic E-state index is -0.806. The van der Waals surface area contributed by atoms with Crippen molar-refractivity contribution in [2.45, 2.75) is 5.37 Å². The van der Waals surface area contributed by atoms with Gasteiger partial charge in [0.1, 0.15) is 28.5 Å². The number of rotatable bonds is 4. The van der Waals surface area contributed by atoms with Crippen molar-refractivity contribution in [1.82, 2.24) is 4.90 Å². The first-order valence-electron chi connectivity index (χ1n) is 9.07. The summed E-state index contributed by atoms with van der Waals surface area (Å²) >= 11 is 1.62. The van der Waals surface area contributed by atoms with Crippen molar-refractivity contribution in [1.29, 1.82) is 0 Å². The molecule has 1 fully saturated rings. The molecule has 0 spiro atoms. The van der Waals surface area contributed by atoms with Gasteiger partial charge in [0, 0.05) is 18.4 Å². The molecule has 0 bridgehead atoms. The van der Waals surface area contributed by atoms with Gasteiger partial charge >= 0.3 is 6.03 Å². The molecule has 148 valence electrons. The number of para-hydroxylation sites is 1. The van der Waals surface area contributed by atoms with Gasteiger partial charge in [-0.1, -0.05) is 30.3 Å². The van der Waals surface area contributed by atoms with E-state index in [0.29, 0.717) is 12.3 Å². The summed E-state index contributed by atoms with van der Waals surface area (Å²) < 4.78 is 32.9. The van der Waals surface area contributed by atoms with Gasteiger partial charge in [0.05, 0.1) is 5.69 Å². The summed E-state index contributed by atoms with van der Waals surface area (Å²) in [5.41, 5.74) is 0.865. The first-order chi connectivity index (χ1) is 14.1. The Morgan fingerprint density at radius 3 is 2.59 bits per heavy atom. The monoisotopic (exact) mass is 412 g/mol. The Bertz CT molecular complexity index is 1020. The number of carbonyl (C=O) groups is 1. The van der Waals surface area contributed by atoms with Crippen LogP contribution in [0.1, 0.15) is 10.9 Å². The minimum absolute atomic E-state index is 0.0480. The van der Waals surface area contributed by atoms with Crippen LogP contribution in [-0.4, -0.2) is 23.2 Å². The second kappa shape index (κ2) is 8.53. The van der Waals surface area contributed by atoms with Crippen LogP contribution >= 0.6 is 11.8 Å². The third-order valence-electron chi connectivity index (χ3n) is 4.45. The van der Waals surface area contributed by atoms with Crippen LogP contribution < -0.4 is 10.1 Å². The average Bonchev–Trinajstić information content (AvgIpc) is 3.21. The zero-order chi connectivity index (χ0) is 20.2. The van der Waals surface area contributed by atoms with E-state index in [1.165, 1.54) is 6.07 Å². The maximum absolute atomic E-state index is 13.9. The number of hydrogen-bond acceptors (Lipinski definition) is 3. The summed E-state index contributed by atoms with van der Waals surface area (Å²) in [5.74, 6) is 0.662. The van der Waals surface area contributed by atoms with Gasteiger partial charge in [-0.3, -0.25) is 0 Å². The second-order valence-corrected chi connectivity index (χ2v) is 7.65. The van der Waals surface area contributed by atoms with E-state index in [1.807, 2.05) is 54.6 Å². The SMILES string of the molecule is O=C(Nc1ccc(F)cc1F)N1CCSC1c1cccc(Oc2ccccc2)c1. The van der Waals surface area contributed by atoms with Crippen LogP contribution in [0, 0.1) is 11.6 Å². The third kappa shape index (κ3) is 4.51. The lowest BCUT2D eigenvalue weighted by molar-refractivity contribution is 0.214. The number of nitrogens with zero attached hydrogens (tertiary/aromatic N) is 1. The van der Waals surface area contributed by atoms with E-state index in [-0.39, 0.29) is 11.1 Å². The molecule has 1 atom stereocenters. The number of thioether (sulfide) groups is 1. The Balaban J connectivity index is 1.50. The largest absolute Gasteiger partial charge is 0.457 e. The predicted octanol–water partition coefficient (Wildman–Crippen LogP) is 6.04. The number of ether oxygens (including phenoxy) is 1. The second-order valence-electron chi connectivity index (χ2n) is 6.46. The molecule has 1 aliphatic rings. The Morgan fingerprint density at radius 2 is 1.79 bits per heavy atom. The molecule has 0 radical (unpaired) electrons. The van der Waals surface area contributed by atoms with Crippen LogP contribution in [-0.2, 0) is 0 Å². The van der Waals surface area contributed by atoms with Gasteiger partial charge in [-0.15, -0.1) is 11.8 Å². The zero-order valence-electron chi connectivity index (χ0n) is 15.3. The molecule has 4 rings (SSSR count). The number of urea groups is 1. The molecule has 29 heavy (non-hydrogen) atoms. The summed E-state index contributed by atoms with van der Waals surface area (Å²) in [5, 5.41) is 2.31. The molecular formula is C22H18F2N2O2S. The normalized spacial score (nSPS) is 15.9. The van der Waals surface area contributed by atoms with E-state index in [1.54, 1.807) is 16.7 Å². The Labute approximate surface area is 171 Å². The fourth-order valence-corrected chi connectivity index (χ4v) is 4.33. The highest BCUT2D eigenvalue weighted by molar-refractivity contribution is 7.99. The van der Waals surface area contributed by atoms with Crippen molar-refractivity contribution in [3.05, 3.63) is 90.0 Å². The van der Waals surface area contributed by atoms with Crippen LogP contribution in [0.3, 0.4) is 0 Å². The number of amides is 2. The van der Waals surface area contributed by atoms with E-state index in [9.17, 15) is 13.6 Å². The Kier molecular flexibility index (Phi) is 5.67. The lowest BCUT2D eigenvalue weighted by Crippen LogP contribution is -2.34. The zero-order valence-corrected chi connectivity index (χ0v) is 16.2. The van der Waals surface area contributed by atoms with Crippen LogP contribution in [0.5, 0.6) is 11.5 Å². The molecule has 1 N–H and O–H groups in total. The number of halogens is 2. The van der Waals surface area contributed by atoms with Gasteiger partial charge in [0.25, 0.3) is 0 Å². The number of hydrogen-bond donors (Lipinski definition) is 1. The number of benzene rings is 3.